The maximum Gasteiger partial charge on any atom is 0.243 e. The van der Waals surface area contributed by atoms with Crippen LogP contribution >= 0.6 is 11.8 Å². The molecule has 1 aromatic carbocycles. The zero-order chi connectivity index (χ0) is 19.6. The first kappa shape index (κ1) is 19.4. The van der Waals surface area contributed by atoms with Crippen LogP contribution < -0.4 is 0 Å². The molecular weight excluding hydrogens is 394 g/mol. The smallest absolute Gasteiger partial charge is 0.243 e. The Kier molecular flexibility index (Phi) is 5.70. The fraction of sp³-hybridized carbons (Fsp3) is 0.400. The number of carbonyl (C=O) groups excluding carboxylic acids is 1. The van der Waals surface area contributed by atoms with Gasteiger partial charge >= 0.3 is 0 Å². The predicted octanol–water partition coefficient (Wildman–Crippen LogP) is 2.20. The van der Waals surface area contributed by atoms with E-state index in [1.807, 2.05) is 24.3 Å². The summed E-state index contributed by atoms with van der Waals surface area (Å²) in [5.41, 5.74) is 2.42. The highest BCUT2D eigenvalue weighted by Gasteiger charge is 2.30. The number of pyridine rings is 1. The van der Waals surface area contributed by atoms with Crippen molar-refractivity contribution in [1.29, 1.82) is 0 Å². The average molecular weight is 418 g/mol. The van der Waals surface area contributed by atoms with Crippen LogP contribution in [-0.2, 0) is 27.7 Å². The zero-order valence-corrected chi connectivity index (χ0v) is 17.2. The van der Waals surface area contributed by atoms with Gasteiger partial charge in [-0.15, -0.1) is 11.8 Å². The lowest BCUT2D eigenvalue weighted by atomic mass is 10.1. The van der Waals surface area contributed by atoms with E-state index in [2.05, 4.69) is 4.98 Å². The first-order valence-corrected chi connectivity index (χ1v) is 11.9. The molecule has 1 saturated heterocycles. The number of carbonyl (C=O) groups is 1. The van der Waals surface area contributed by atoms with Crippen molar-refractivity contribution in [3.05, 3.63) is 53.9 Å². The first-order chi connectivity index (χ1) is 13.5. The molecule has 8 heteroatoms. The van der Waals surface area contributed by atoms with Gasteiger partial charge in [-0.05, 0) is 54.7 Å². The van der Waals surface area contributed by atoms with E-state index < -0.39 is 10.0 Å². The minimum Gasteiger partial charge on any atom is -0.339 e. The van der Waals surface area contributed by atoms with Gasteiger partial charge in [0, 0.05) is 43.5 Å². The van der Waals surface area contributed by atoms with E-state index in [9.17, 15) is 13.2 Å². The molecule has 1 aliphatic carbocycles. The molecule has 6 nitrogen and oxygen atoms in total. The van der Waals surface area contributed by atoms with Crippen molar-refractivity contribution in [2.45, 2.75) is 29.1 Å². The number of benzene rings is 1. The minimum atomic E-state index is -3.50. The second kappa shape index (κ2) is 8.23. The second-order valence-electron chi connectivity index (χ2n) is 7.04. The molecule has 1 aliphatic heterocycles. The van der Waals surface area contributed by atoms with Crippen LogP contribution in [0.25, 0.3) is 0 Å². The third kappa shape index (κ3) is 4.09. The molecule has 0 saturated carbocycles. The summed E-state index contributed by atoms with van der Waals surface area (Å²) < 4.78 is 27.5. The molecule has 1 amide bonds. The van der Waals surface area contributed by atoms with Gasteiger partial charge in [0.15, 0.2) is 0 Å². The Balaban J connectivity index is 1.35. The predicted molar refractivity (Wildman–Crippen MR) is 109 cm³/mol. The van der Waals surface area contributed by atoms with Gasteiger partial charge in [-0.25, -0.2) is 8.42 Å². The molecule has 148 valence electrons. The van der Waals surface area contributed by atoms with Crippen LogP contribution in [0.15, 0.2) is 52.5 Å². The number of hydrogen-bond acceptors (Lipinski definition) is 5. The number of piperazine rings is 1. The molecule has 0 spiro atoms. The third-order valence-electron chi connectivity index (χ3n) is 5.31. The Hall–Kier alpha value is -1.90. The van der Waals surface area contributed by atoms with Crippen LogP contribution in [0.2, 0.25) is 0 Å². The van der Waals surface area contributed by atoms with Crippen molar-refractivity contribution in [2.75, 3.05) is 31.9 Å². The number of fused-ring (bicyclic) bond motifs is 1. The van der Waals surface area contributed by atoms with E-state index in [0.717, 1.165) is 29.7 Å². The zero-order valence-electron chi connectivity index (χ0n) is 15.6. The fourth-order valence-electron chi connectivity index (χ4n) is 3.71. The highest BCUT2D eigenvalue weighted by molar-refractivity contribution is 8.00. The molecule has 2 heterocycles. The fourth-order valence-corrected chi connectivity index (χ4v) is 5.97. The van der Waals surface area contributed by atoms with E-state index >= 15 is 0 Å². The molecule has 0 bridgehead atoms. The van der Waals surface area contributed by atoms with Gasteiger partial charge in [0.2, 0.25) is 15.9 Å². The molecule has 2 aromatic rings. The van der Waals surface area contributed by atoms with Crippen molar-refractivity contribution in [2.24, 2.45) is 0 Å². The minimum absolute atomic E-state index is 0.0383. The Morgan fingerprint density at radius 2 is 1.71 bits per heavy atom. The van der Waals surface area contributed by atoms with Crippen LogP contribution in [-0.4, -0.2) is 60.4 Å². The Morgan fingerprint density at radius 1 is 1.00 bits per heavy atom. The summed E-state index contributed by atoms with van der Waals surface area (Å²) >= 11 is 1.47. The molecule has 0 radical (unpaired) electrons. The van der Waals surface area contributed by atoms with Crippen molar-refractivity contribution < 1.29 is 13.2 Å². The number of amides is 1. The van der Waals surface area contributed by atoms with E-state index in [1.165, 1.54) is 21.6 Å². The van der Waals surface area contributed by atoms with Crippen LogP contribution in [0, 0.1) is 0 Å². The quantitative estimate of drug-likeness (QED) is 0.698. The molecule has 0 unspecified atom stereocenters. The van der Waals surface area contributed by atoms with E-state index in [4.69, 9.17) is 0 Å². The number of aromatic nitrogens is 1. The maximum absolute atomic E-state index is 13.0. The number of hydrogen-bond donors (Lipinski definition) is 0. The summed E-state index contributed by atoms with van der Waals surface area (Å²) in [6, 6.07) is 9.26. The summed E-state index contributed by atoms with van der Waals surface area (Å²) in [4.78, 5) is 19.5. The molecule has 4 rings (SSSR count). The highest BCUT2D eigenvalue weighted by atomic mass is 32.2. The standard InChI is InChI=1S/C20H23N3O3S2/c24-20(15-27-18-6-8-21-9-7-18)22-10-12-23(13-11-22)28(25,26)19-5-4-16-2-1-3-17(16)14-19/h4-9,14H,1-3,10-13,15H2. The molecule has 28 heavy (non-hydrogen) atoms. The summed E-state index contributed by atoms with van der Waals surface area (Å²) in [6.07, 6.45) is 6.49. The number of thioether (sulfide) groups is 1. The van der Waals surface area contributed by atoms with Gasteiger partial charge in [-0.1, -0.05) is 6.07 Å². The van der Waals surface area contributed by atoms with Gasteiger partial charge in [0.25, 0.3) is 0 Å². The van der Waals surface area contributed by atoms with Crippen LogP contribution in [0.5, 0.6) is 0 Å². The van der Waals surface area contributed by atoms with Crippen LogP contribution in [0.4, 0.5) is 0 Å². The third-order valence-corrected chi connectivity index (χ3v) is 8.20. The Labute approximate surface area is 170 Å². The van der Waals surface area contributed by atoms with Crippen molar-refractivity contribution in [3.8, 4) is 0 Å². The van der Waals surface area contributed by atoms with Gasteiger partial charge in [0.05, 0.1) is 10.6 Å². The van der Waals surface area contributed by atoms with Crippen molar-refractivity contribution >= 4 is 27.7 Å². The van der Waals surface area contributed by atoms with Gasteiger partial charge in [-0.3, -0.25) is 9.78 Å². The van der Waals surface area contributed by atoms with Gasteiger partial charge in [0.1, 0.15) is 0 Å². The van der Waals surface area contributed by atoms with Crippen molar-refractivity contribution in [1.82, 2.24) is 14.2 Å². The average Bonchev–Trinajstić information content (AvgIpc) is 3.21. The summed E-state index contributed by atoms with van der Waals surface area (Å²) in [5.74, 6) is 0.387. The maximum atomic E-state index is 13.0. The van der Waals surface area contributed by atoms with Crippen LogP contribution in [0.1, 0.15) is 17.5 Å². The molecule has 0 N–H and O–H groups in total. The topological polar surface area (TPSA) is 70.6 Å². The summed E-state index contributed by atoms with van der Waals surface area (Å²) in [5, 5.41) is 0. The molecule has 1 fully saturated rings. The van der Waals surface area contributed by atoms with E-state index in [-0.39, 0.29) is 5.91 Å². The normalized spacial score (nSPS) is 17.5. The number of rotatable bonds is 5. The van der Waals surface area contributed by atoms with Crippen molar-refractivity contribution in [3.63, 3.8) is 0 Å². The van der Waals surface area contributed by atoms with E-state index in [1.54, 1.807) is 23.4 Å². The Bertz CT molecular complexity index is 956. The number of nitrogens with zero attached hydrogens (tertiary/aromatic N) is 3. The second-order valence-corrected chi connectivity index (χ2v) is 10.0. The highest BCUT2D eigenvalue weighted by Crippen LogP contribution is 2.27. The Morgan fingerprint density at radius 3 is 2.46 bits per heavy atom. The monoisotopic (exact) mass is 417 g/mol. The largest absolute Gasteiger partial charge is 0.339 e. The molecule has 0 atom stereocenters. The lowest BCUT2D eigenvalue weighted by Gasteiger charge is -2.34. The van der Waals surface area contributed by atoms with Crippen LogP contribution in [0.3, 0.4) is 0 Å². The van der Waals surface area contributed by atoms with Gasteiger partial charge in [-0.2, -0.15) is 4.31 Å². The number of sulfonamides is 1. The van der Waals surface area contributed by atoms with Gasteiger partial charge < -0.3 is 4.90 Å². The molecular formula is C20H23N3O3S2. The number of aryl methyl sites for hydroxylation is 2. The molecule has 1 aromatic heterocycles. The van der Waals surface area contributed by atoms with E-state index in [0.29, 0.717) is 36.8 Å². The SMILES string of the molecule is O=C(CSc1ccncc1)N1CCN(S(=O)(=O)c2ccc3c(c2)CCC3)CC1. The lowest BCUT2D eigenvalue weighted by Crippen LogP contribution is -2.50. The summed E-state index contributed by atoms with van der Waals surface area (Å²) in [6.45, 7) is 1.54. The lowest BCUT2D eigenvalue weighted by molar-refractivity contribution is -0.129. The summed E-state index contributed by atoms with van der Waals surface area (Å²) in [7, 11) is -3.50. The molecule has 2 aliphatic rings. The first-order valence-electron chi connectivity index (χ1n) is 9.46.